The van der Waals surface area contributed by atoms with Crippen molar-refractivity contribution in [3.05, 3.63) is 11.8 Å². The molecule has 0 bridgehead atoms. The average Bonchev–Trinajstić information content (AvgIpc) is 2.48. The number of nitrogens with zero attached hydrogens (tertiary/aromatic N) is 2. The Kier molecular flexibility index (Phi) is 10.5. The SMILES string of the molecule is COCCCC1=CN(CCCOC)NN(CCCOC)C1. The molecule has 0 aromatic heterocycles. The normalized spacial score (nSPS) is 16.3. The van der Waals surface area contributed by atoms with Crippen LogP contribution in [0.25, 0.3) is 0 Å². The Morgan fingerprint density at radius 3 is 2.24 bits per heavy atom. The molecule has 6 heteroatoms. The largest absolute Gasteiger partial charge is 0.385 e. The molecule has 0 aromatic carbocycles. The first kappa shape index (κ1) is 18.4. The maximum absolute atomic E-state index is 5.14. The van der Waals surface area contributed by atoms with Gasteiger partial charge in [0.15, 0.2) is 0 Å². The molecule has 0 spiro atoms. The Bertz CT molecular complexity index is 287. The second-order valence-corrected chi connectivity index (χ2v) is 5.29. The van der Waals surface area contributed by atoms with Crippen molar-refractivity contribution in [2.75, 3.05) is 60.8 Å². The first-order chi connectivity index (χ1) is 10.3. The lowest BCUT2D eigenvalue weighted by molar-refractivity contribution is 0.0353. The van der Waals surface area contributed by atoms with Crippen LogP contribution in [-0.4, -0.2) is 70.8 Å². The predicted octanol–water partition coefficient (Wildman–Crippen LogP) is 1.41. The van der Waals surface area contributed by atoms with Crippen LogP contribution >= 0.6 is 0 Å². The molecule has 0 aliphatic carbocycles. The molecule has 1 aliphatic heterocycles. The lowest BCUT2D eigenvalue weighted by atomic mass is 10.1. The summed E-state index contributed by atoms with van der Waals surface area (Å²) in [7, 11) is 5.24. The zero-order valence-electron chi connectivity index (χ0n) is 13.8. The van der Waals surface area contributed by atoms with Crippen LogP contribution < -0.4 is 5.53 Å². The second-order valence-electron chi connectivity index (χ2n) is 5.29. The van der Waals surface area contributed by atoms with E-state index in [0.29, 0.717) is 0 Å². The average molecular weight is 301 g/mol. The molecule has 124 valence electrons. The number of methoxy groups -OCH3 is 3. The summed E-state index contributed by atoms with van der Waals surface area (Å²) in [6.07, 6.45) is 6.42. The number of nitrogens with one attached hydrogen (secondary N) is 1. The fourth-order valence-electron chi connectivity index (χ4n) is 2.36. The summed E-state index contributed by atoms with van der Waals surface area (Å²) in [5, 5.41) is 4.42. The summed E-state index contributed by atoms with van der Waals surface area (Å²) in [6, 6.07) is 0. The van der Waals surface area contributed by atoms with Gasteiger partial charge in [0.25, 0.3) is 0 Å². The van der Waals surface area contributed by atoms with Gasteiger partial charge in [-0.1, -0.05) is 0 Å². The van der Waals surface area contributed by atoms with Crippen molar-refractivity contribution in [1.82, 2.24) is 15.6 Å². The van der Waals surface area contributed by atoms with E-state index < -0.39 is 0 Å². The van der Waals surface area contributed by atoms with Gasteiger partial charge < -0.3 is 19.2 Å². The monoisotopic (exact) mass is 301 g/mol. The summed E-state index contributed by atoms with van der Waals surface area (Å²) in [5.41, 5.74) is 4.88. The first-order valence-corrected chi connectivity index (χ1v) is 7.74. The standard InChI is InChI=1S/C15H31N3O3/c1-19-10-4-7-15-13-17(8-5-11-20-2)16-18(14-15)9-6-12-21-3/h13,16H,4-12,14H2,1-3H3. The van der Waals surface area contributed by atoms with E-state index >= 15 is 0 Å². The van der Waals surface area contributed by atoms with Crippen LogP contribution in [0.3, 0.4) is 0 Å². The van der Waals surface area contributed by atoms with Gasteiger partial charge in [-0.05, 0) is 31.3 Å². The van der Waals surface area contributed by atoms with Gasteiger partial charge >= 0.3 is 0 Å². The molecule has 0 radical (unpaired) electrons. The van der Waals surface area contributed by atoms with Gasteiger partial charge in [0, 0.05) is 67.0 Å². The molecule has 0 saturated carbocycles. The third-order valence-corrected chi connectivity index (χ3v) is 3.37. The summed E-state index contributed by atoms with van der Waals surface area (Å²) in [6.45, 7) is 5.30. The topological polar surface area (TPSA) is 46.2 Å². The van der Waals surface area contributed by atoms with E-state index in [1.807, 2.05) is 0 Å². The predicted molar refractivity (Wildman–Crippen MR) is 83.6 cm³/mol. The molecular weight excluding hydrogens is 270 g/mol. The molecule has 1 heterocycles. The molecule has 0 unspecified atom stereocenters. The van der Waals surface area contributed by atoms with Crippen LogP contribution in [0.4, 0.5) is 0 Å². The Morgan fingerprint density at radius 1 is 0.952 bits per heavy atom. The van der Waals surface area contributed by atoms with Gasteiger partial charge in [-0.3, -0.25) is 0 Å². The van der Waals surface area contributed by atoms with E-state index in [4.69, 9.17) is 14.2 Å². The van der Waals surface area contributed by atoms with Crippen molar-refractivity contribution < 1.29 is 14.2 Å². The highest BCUT2D eigenvalue weighted by atomic mass is 16.5. The zero-order valence-corrected chi connectivity index (χ0v) is 13.8. The van der Waals surface area contributed by atoms with Crippen LogP contribution in [0.2, 0.25) is 0 Å². The van der Waals surface area contributed by atoms with Crippen LogP contribution in [0, 0.1) is 0 Å². The Balaban J connectivity index is 2.43. The Morgan fingerprint density at radius 2 is 1.57 bits per heavy atom. The summed E-state index contributed by atoms with van der Waals surface area (Å²) in [4.78, 5) is 0. The molecule has 1 N–H and O–H groups in total. The molecule has 1 aliphatic rings. The van der Waals surface area contributed by atoms with Crippen LogP contribution in [0.1, 0.15) is 25.7 Å². The van der Waals surface area contributed by atoms with Crippen molar-refractivity contribution >= 4 is 0 Å². The number of rotatable bonds is 12. The van der Waals surface area contributed by atoms with E-state index in [0.717, 1.165) is 65.1 Å². The molecule has 0 saturated heterocycles. The number of hydrogen-bond acceptors (Lipinski definition) is 6. The summed E-state index contributed by atoms with van der Waals surface area (Å²) >= 11 is 0. The Labute approximate surface area is 129 Å². The third kappa shape index (κ3) is 8.38. The fourth-order valence-corrected chi connectivity index (χ4v) is 2.36. The van der Waals surface area contributed by atoms with Gasteiger partial charge in [-0.2, -0.15) is 5.53 Å². The van der Waals surface area contributed by atoms with E-state index in [-0.39, 0.29) is 0 Å². The molecular formula is C15H31N3O3. The van der Waals surface area contributed by atoms with Crippen molar-refractivity contribution in [3.8, 4) is 0 Å². The van der Waals surface area contributed by atoms with Crippen molar-refractivity contribution in [1.29, 1.82) is 0 Å². The minimum atomic E-state index is 0.786. The van der Waals surface area contributed by atoms with Crippen molar-refractivity contribution in [2.45, 2.75) is 25.7 Å². The number of ether oxygens (including phenoxy) is 3. The molecule has 1 rings (SSSR count). The maximum Gasteiger partial charge on any atom is 0.0479 e. The van der Waals surface area contributed by atoms with Gasteiger partial charge in [0.1, 0.15) is 0 Å². The van der Waals surface area contributed by atoms with Gasteiger partial charge in [0.2, 0.25) is 0 Å². The smallest absolute Gasteiger partial charge is 0.0479 e. The lowest BCUT2D eigenvalue weighted by Gasteiger charge is -2.36. The van der Waals surface area contributed by atoms with Crippen LogP contribution in [0.5, 0.6) is 0 Å². The summed E-state index contributed by atoms with van der Waals surface area (Å²) in [5.74, 6) is 0. The molecule has 0 fully saturated rings. The van der Waals surface area contributed by atoms with E-state index in [9.17, 15) is 0 Å². The fraction of sp³-hybridized carbons (Fsp3) is 0.867. The van der Waals surface area contributed by atoms with Gasteiger partial charge in [0.05, 0.1) is 0 Å². The zero-order chi connectivity index (χ0) is 15.3. The van der Waals surface area contributed by atoms with Crippen molar-refractivity contribution in [3.63, 3.8) is 0 Å². The molecule has 0 aromatic rings. The van der Waals surface area contributed by atoms with Crippen molar-refractivity contribution in [2.24, 2.45) is 0 Å². The lowest BCUT2D eigenvalue weighted by Crippen LogP contribution is -2.52. The highest BCUT2D eigenvalue weighted by molar-refractivity contribution is 5.05. The highest BCUT2D eigenvalue weighted by Crippen LogP contribution is 2.13. The maximum atomic E-state index is 5.14. The summed E-state index contributed by atoms with van der Waals surface area (Å²) < 4.78 is 15.4. The minimum Gasteiger partial charge on any atom is -0.385 e. The molecule has 21 heavy (non-hydrogen) atoms. The first-order valence-electron chi connectivity index (χ1n) is 7.74. The van der Waals surface area contributed by atoms with E-state index in [1.165, 1.54) is 5.57 Å². The number of hydrazine groups is 2. The van der Waals surface area contributed by atoms with Crippen LogP contribution in [0.15, 0.2) is 11.8 Å². The van der Waals surface area contributed by atoms with E-state index in [1.54, 1.807) is 21.3 Å². The molecule has 0 amide bonds. The third-order valence-electron chi connectivity index (χ3n) is 3.37. The molecule has 6 nitrogen and oxygen atoms in total. The molecule has 0 atom stereocenters. The van der Waals surface area contributed by atoms with E-state index in [2.05, 4.69) is 21.8 Å². The quantitative estimate of drug-likeness (QED) is 0.550. The minimum absolute atomic E-state index is 0.786. The van der Waals surface area contributed by atoms with Gasteiger partial charge in [-0.15, -0.1) is 0 Å². The number of hydrogen-bond donors (Lipinski definition) is 1. The Hall–Kier alpha value is -0.660. The van der Waals surface area contributed by atoms with Gasteiger partial charge in [-0.25, -0.2) is 5.01 Å². The highest BCUT2D eigenvalue weighted by Gasteiger charge is 2.16. The van der Waals surface area contributed by atoms with Crippen LogP contribution in [-0.2, 0) is 14.2 Å². The second kappa shape index (κ2) is 11.9.